The van der Waals surface area contributed by atoms with E-state index in [4.69, 9.17) is 26.5 Å². The topological polar surface area (TPSA) is 78.4 Å². The van der Waals surface area contributed by atoms with E-state index < -0.39 is 11.6 Å². The van der Waals surface area contributed by atoms with Crippen LogP contribution >= 0.6 is 11.6 Å². The van der Waals surface area contributed by atoms with Crippen LogP contribution in [0.25, 0.3) is 11.1 Å². The summed E-state index contributed by atoms with van der Waals surface area (Å²) < 4.78 is 23.8. The van der Waals surface area contributed by atoms with E-state index in [1.165, 1.54) is 31.4 Å². The van der Waals surface area contributed by atoms with Crippen molar-refractivity contribution in [1.29, 1.82) is 0 Å². The van der Waals surface area contributed by atoms with Gasteiger partial charge in [-0.2, -0.15) is 0 Å². The summed E-state index contributed by atoms with van der Waals surface area (Å²) in [5, 5.41) is 0.871. The maximum absolute atomic E-state index is 13.0. The lowest BCUT2D eigenvalue weighted by molar-refractivity contribution is 0.101. The SMILES string of the molecule is COCc1c(Cl)c(C)nc2oc(C(=O)c3ccc(F)cc3)c(N)c12. The average molecular weight is 349 g/mol. The molecule has 0 bridgehead atoms. The number of carbonyl (C=O) groups is 1. The number of aryl methyl sites for hydroxylation is 1. The highest BCUT2D eigenvalue weighted by Crippen LogP contribution is 2.36. The first-order chi connectivity index (χ1) is 11.4. The van der Waals surface area contributed by atoms with Crippen LogP contribution in [0.15, 0.2) is 28.7 Å². The molecule has 5 nitrogen and oxygen atoms in total. The van der Waals surface area contributed by atoms with Gasteiger partial charge in [-0.15, -0.1) is 0 Å². The Morgan fingerprint density at radius 1 is 1.38 bits per heavy atom. The summed E-state index contributed by atoms with van der Waals surface area (Å²) in [6.07, 6.45) is 0. The third-order valence-corrected chi connectivity index (χ3v) is 4.18. The van der Waals surface area contributed by atoms with Gasteiger partial charge in [-0.05, 0) is 31.2 Å². The Hall–Kier alpha value is -2.44. The highest BCUT2D eigenvalue weighted by Gasteiger charge is 2.25. The number of ketones is 1. The molecule has 1 aromatic carbocycles. The quantitative estimate of drug-likeness (QED) is 0.724. The van der Waals surface area contributed by atoms with Crippen LogP contribution in [-0.4, -0.2) is 17.9 Å². The van der Waals surface area contributed by atoms with Gasteiger partial charge in [0.1, 0.15) is 5.82 Å². The molecule has 0 radical (unpaired) electrons. The van der Waals surface area contributed by atoms with Gasteiger partial charge in [0.2, 0.25) is 17.3 Å². The Labute approximate surface area is 142 Å². The monoisotopic (exact) mass is 348 g/mol. The van der Waals surface area contributed by atoms with Gasteiger partial charge in [0.15, 0.2) is 0 Å². The number of aromatic nitrogens is 1. The van der Waals surface area contributed by atoms with Gasteiger partial charge in [0, 0.05) is 18.2 Å². The molecule has 0 aliphatic rings. The summed E-state index contributed by atoms with van der Waals surface area (Å²) in [6.45, 7) is 1.92. The van der Waals surface area contributed by atoms with Gasteiger partial charge in [-0.3, -0.25) is 4.79 Å². The number of fused-ring (bicyclic) bond motifs is 1. The fourth-order valence-electron chi connectivity index (χ4n) is 2.51. The second-order valence-electron chi connectivity index (χ2n) is 5.28. The van der Waals surface area contributed by atoms with Gasteiger partial charge in [0.25, 0.3) is 0 Å². The largest absolute Gasteiger partial charge is 0.432 e. The van der Waals surface area contributed by atoms with Crippen molar-refractivity contribution in [3.63, 3.8) is 0 Å². The number of anilines is 1. The summed E-state index contributed by atoms with van der Waals surface area (Å²) in [7, 11) is 1.53. The van der Waals surface area contributed by atoms with Crippen LogP contribution in [0.1, 0.15) is 27.4 Å². The van der Waals surface area contributed by atoms with Crippen molar-refractivity contribution in [3.8, 4) is 0 Å². The summed E-state index contributed by atoms with van der Waals surface area (Å²) in [5.41, 5.74) is 7.89. The van der Waals surface area contributed by atoms with E-state index in [2.05, 4.69) is 4.98 Å². The number of nitrogens with two attached hydrogens (primary N) is 1. The van der Waals surface area contributed by atoms with Crippen LogP contribution in [0.3, 0.4) is 0 Å². The number of ether oxygens (including phenoxy) is 1. The van der Waals surface area contributed by atoms with E-state index in [9.17, 15) is 9.18 Å². The molecule has 24 heavy (non-hydrogen) atoms. The predicted octanol–water partition coefficient (Wildman–Crippen LogP) is 3.89. The zero-order chi connectivity index (χ0) is 17.4. The van der Waals surface area contributed by atoms with Crippen LogP contribution in [0.4, 0.5) is 10.1 Å². The zero-order valence-corrected chi connectivity index (χ0v) is 13.8. The molecule has 0 spiro atoms. The fourth-order valence-corrected chi connectivity index (χ4v) is 2.70. The van der Waals surface area contributed by atoms with Crippen molar-refractivity contribution in [1.82, 2.24) is 4.98 Å². The molecule has 0 saturated heterocycles. The van der Waals surface area contributed by atoms with E-state index in [1.54, 1.807) is 6.92 Å². The molecule has 3 aromatic rings. The molecule has 3 rings (SSSR count). The molecular weight excluding hydrogens is 335 g/mol. The average Bonchev–Trinajstić information content (AvgIpc) is 2.88. The minimum absolute atomic E-state index is 0.0527. The molecule has 7 heteroatoms. The Morgan fingerprint density at radius 3 is 2.67 bits per heavy atom. The summed E-state index contributed by atoms with van der Waals surface area (Å²) >= 11 is 6.28. The Bertz CT molecular complexity index is 935. The molecule has 2 aromatic heterocycles. The first-order valence-electron chi connectivity index (χ1n) is 7.10. The molecule has 0 fully saturated rings. The zero-order valence-electron chi connectivity index (χ0n) is 13.0. The Balaban J connectivity index is 2.20. The number of carbonyl (C=O) groups excluding carboxylic acids is 1. The van der Waals surface area contributed by atoms with Gasteiger partial charge < -0.3 is 14.9 Å². The first kappa shape index (κ1) is 16.4. The second kappa shape index (κ2) is 6.22. The number of rotatable bonds is 4. The number of methoxy groups -OCH3 is 1. The van der Waals surface area contributed by atoms with Gasteiger partial charge in [0.05, 0.1) is 28.4 Å². The molecular formula is C17H14ClFN2O3. The lowest BCUT2D eigenvalue weighted by Crippen LogP contribution is -2.03. The molecule has 0 aliphatic carbocycles. The smallest absolute Gasteiger partial charge is 0.230 e. The van der Waals surface area contributed by atoms with Crippen LogP contribution in [-0.2, 0) is 11.3 Å². The van der Waals surface area contributed by atoms with E-state index >= 15 is 0 Å². The number of hydrogen-bond acceptors (Lipinski definition) is 5. The molecule has 0 unspecified atom stereocenters. The van der Waals surface area contributed by atoms with Crippen LogP contribution in [0.5, 0.6) is 0 Å². The number of nitrogens with zero attached hydrogens (tertiary/aromatic N) is 1. The lowest BCUT2D eigenvalue weighted by Gasteiger charge is -2.07. The molecule has 2 heterocycles. The Morgan fingerprint density at radius 2 is 2.04 bits per heavy atom. The van der Waals surface area contributed by atoms with Gasteiger partial charge in [-0.25, -0.2) is 9.37 Å². The molecule has 0 aliphatic heterocycles. The summed E-state index contributed by atoms with van der Waals surface area (Å²) in [6, 6.07) is 5.13. The molecule has 0 atom stereocenters. The Kier molecular flexibility index (Phi) is 4.26. The lowest BCUT2D eigenvalue weighted by atomic mass is 10.1. The number of hydrogen-bond donors (Lipinski definition) is 1. The van der Waals surface area contributed by atoms with Gasteiger partial charge in [-0.1, -0.05) is 11.6 Å². The fraction of sp³-hybridized carbons (Fsp3) is 0.176. The number of furan rings is 1. The summed E-state index contributed by atoms with van der Waals surface area (Å²) in [4.78, 5) is 16.8. The van der Waals surface area contributed by atoms with Crippen molar-refractivity contribution in [2.45, 2.75) is 13.5 Å². The molecule has 124 valence electrons. The summed E-state index contributed by atoms with van der Waals surface area (Å²) in [5.74, 6) is -0.943. The van der Waals surface area contributed by atoms with Gasteiger partial charge >= 0.3 is 0 Å². The maximum atomic E-state index is 13.0. The van der Waals surface area contributed by atoms with Crippen molar-refractivity contribution in [2.24, 2.45) is 0 Å². The number of nitrogen functional groups attached to an aromatic ring is 1. The number of benzene rings is 1. The van der Waals surface area contributed by atoms with Crippen molar-refractivity contribution >= 4 is 34.2 Å². The standard InChI is InChI=1S/C17H14ClFN2O3/c1-8-13(18)11(7-23-2)12-14(20)16(24-17(12)21-8)15(22)9-3-5-10(19)6-4-9/h3-6H,7,20H2,1-2H3. The predicted molar refractivity (Wildman–Crippen MR) is 88.7 cm³/mol. The minimum atomic E-state index is -0.456. The maximum Gasteiger partial charge on any atom is 0.230 e. The van der Waals surface area contributed by atoms with Crippen molar-refractivity contribution < 1.29 is 18.3 Å². The minimum Gasteiger partial charge on any atom is -0.432 e. The van der Waals surface area contributed by atoms with E-state index in [0.29, 0.717) is 21.7 Å². The van der Waals surface area contributed by atoms with Crippen molar-refractivity contribution in [3.05, 3.63) is 57.7 Å². The van der Waals surface area contributed by atoms with Crippen LogP contribution in [0, 0.1) is 12.7 Å². The third-order valence-electron chi connectivity index (χ3n) is 3.68. The van der Waals surface area contributed by atoms with Crippen LogP contribution in [0.2, 0.25) is 5.02 Å². The normalized spacial score (nSPS) is 11.2. The highest BCUT2D eigenvalue weighted by atomic mass is 35.5. The first-order valence-corrected chi connectivity index (χ1v) is 7.48. The highest BCUT2D eigenvalue weighted by molar-refractivity contribution is 6.33. The third kappa shape index (κ3) is 2.64. The molecule has 0 saturated carbocycles. The van der Waals surface area contributed by atoms with Crippen molar-refractivity contribution in [2.75, 3.05) is 12.8 Å². The second-order valence-corrected chi connectivity index (χ2v) is 5.66. The van der Waals surface area contributed by atoms with Crippen LogP contribution < -0.4 is 5.73 Å². The van der Waals surface area contributed by atoms with E-state index in [0.717, 1.165) is 0 Å². The molecule has 0 amide bonds. The number of pyridine rings is 1. The number of halogens is 2. The molecule has 2 N–H and O–H groups in total. The van der Waals surface area contributed by atoms with E-state index in [1.807, 2.05) is 0 Å². The van der Waals surface area contributed by atoms with E-state index in [-0.39, 0.29) is 29.3 Å².